The van der Waals surface area contributed by atoms with E-state index in [1.165, 1.54) is 122 Å². The number of H-pyrrole nitrogens is 1. The van der Waals surface area contributed by atoms with E-state index in [4.69, 9.17) is 0 Å². The number of nitrogens with one attached hydrogen (secondary N) is 1. The van der Waals surface area contributed by atoms with Gasteiger partial charge in [-0.1, -0.05) is 129 Å². The summed E-state index contributed by atoms with van der Waals surface area (Å²) in [4.78, 5) is 13.7. The molecule has 0 spiro atoms. The molecule has 0 radical (unpaired) electrons. The summed E-state index contributed by atoms with van der Waals surface area (Å²) >= 11 is 0. The van der Waals surface area contributed by atoms with Gasteiger partial charge in [0.15, 0.2) is 6.29 Å². The fourth-order valence-electron chi connectivity index (χ4n) is 4.15. The lowest BCUT2D eigenvalue weighted by molar-refractivity contribution is 0.111. The Bertz CT molecular complexity index is 516. The van der Waals surface area contributed by atoms with Gasteiger partial charge >= 0.3 is 0 Å². The Morgan fingerprint density at radius 1 is 0.600 bits per heavy atom. The van der Waals surface area contributed by atoms with Crippen LogP contribution in [0.1, 0.15) is 152 Å². The fourth-order valence-corrected chi connectivity index (χ4v) is 4.15. The molecule has 0 aliphatic heterocycles. The van der Waals surface area contributed by atoms with Gasteiger partial charge < -0.3 is 4.98 Å². The van der Waals surface area contributed by atoms with Crippen LogP contribution in [0.2, 0.25) is 0 Å². The number of hydrogen-bond donors (Lipinski definition) is 1. The minimum atomic E-state index is 0.651. The first-order valence-corrected chi connectivity index (χ1v) is 13.2. The van der Waals surface area contributed by atoms with Crippen LogP contribution in [0.15, 0.2) is 18.2 Å². The van der Waals surface area contributed by atoms with Crippen LogP contribution >= 0.6 is 0 Å². The van der Waals surface area contributed by atoms with E-state index in [-0.39, 0.29) is 0 Å². The van der Waals surface area contributed by atoms with Gasteiger partial charge in [0, 0.05) is 5.69 Å². The van der Waals surface area contributed by atoms with E-state index < -0.39 is 0 Å². The van der Waals surface area contributed by atoms with Gasteiger partial charge in [-0.2, -0.15) is 0 Å². The van der Waals surface area contributed by atoms with Crippen LogP contribution in [-0.2, 0) is 0 Å². The maximum atomic E-state index is 10.6. The quantitative estimate of drug-likeness (QED) is 0.148. The highest BCUT2D eigenvalue weighted by molar-refractivity contribution is 5.73. The van der Waals surface area contributed by atoms with Gasteiger partial charge in [-0.25, -0.2) is 0 Å². The molecular formula is C28H49NO. The predicted molar refractivity (Wildman–Crippen MR) is 133 cm³/mol. The highest BCUT2D eigenvalue weighted by atomic mass is 16.1. The second-order valence-electron chi connectivity index (χ2n) is 9.04. The Hall–Kier alpha value is -1.31. The van der Waals surface area contributed by atoms with E-state index in [0.717, 1.165) is 18.4 Å². The number of carbonyl (C=O) groups is 1. The molecule has 2 nitrogen and oxygen atoms in total. The van der Waals surface area contributed by atoms with Crippen molar-refractivity contribution in [2.24, 2.45) is 0 Å². The third-order valence-electron chi connectivity index (χ3n) is 6.13. The Morgan fingerprint density at radius 3 is 1.40 bits per heavy atom. The fraction of sp³-hybridized carbons (Fsp3) is 0.750. The van der Waals surface area contributed by atoms with Crippen molar-refractivity contribution < 1.29 is 4.79 Å². The predicted octanol–water partition coefficient (Wildman–Crippen LogP) is 9.66. The van der Waals surface area contributed by atoms with E-state index in [1.807, 2.05) is 12.1 Å². The molecule has 0 aliphatic carbocycles. The standard InChI is InChI=1S/C28H49NO/c1-2-3-4-5-6-7-8-9-10-11-12-13-14-15-16-17-18-19-20-21-22-23-27-24-25-28(26-30)29-27/h22-26,29H,2-21H2,1H3. The van der Waals surface area contributed by atoms with Crippen LogP contribution in [0.4, 0.5) is 0 Å². The second-order valence-corrected chi connectivity index (χ2v) is 9.04. The summed E-state index contributed by atoms with van der Waals surface area (Å²) < 4.78 is 0. The molecule has 2 heteroatoms. The molecule has 0 saturated heterocycles. The van der Waals surface area contributed by atoms with Crippen molar-refractivity contribution in [1.82, 2.24) is 4.98 Å². The molecule has 0 aromatic carbocycles. The molecule has 30 heavy (non-hydrogen) atoms. The smallest absolute Gasteiger partial charge is 0.166 e. The van der Waals surface area contributed by atoms with Gasteiger partial charge in [0.1, 0.15) is 0 Å². The van der Waals surface area contributed by atoms with Crippen LogP contribution in [0.25, 0.3) is 6.08 Å². The summed E-state index contributed by atoms with van der Waals surface area (Å²) in [5, 5.41) is 0. The Morgan fingerprint density at radius 2 is 1.00 bits per heavy atom. The highest BCUT2D eigenvalue weighted by Crippen LogP contribution is 2.15. The molecular weight excluding hydrogens is 366 g/mol. The summed E-state index contributed by atoms with van der Waals surface area (Å²) in [5.74, 6) is 0. The lowest BCUT2D eigenvalue weighted by Gasteiger charge is -2.03. The van der Waals surface area contributed by atoms with Crippen molar-refractivity contribution in [1.29, 1.82) is 0 Å². The van der Waals surface area contributed by atoms with E-state index in [9.17, 15) is 4.79 Å². The topological polar surface area (TPSA) is 32.9 Å². The third-order valence-corrected chi connectivity index (χ3v) is 6.13. The minimum absolute atomic E-state index is 0.651. The Labute approximate surface area is 187 Å². The van der Waals surface area contributed by atoms with Gasteiger partial charge in [-0.05, 0) is 31.1 Å². The zero-order chi connectivity index (χ0) is 21.5. The van der Waals surface area contributed by atoms with E-state index in [0.29, 0.717) is 5.69 Å². The van der Waals surface area contributed by atoms with E-state index in [2.05, 4.69) is 24.1 Å². The molecule has 1 heterocycles. The molecule has 0 saturated carbocycles. The number of unbranched alkanes of at least 4 members (excludes halogenated alkanes) is 19. The summed E-state index contributed by atoms with van der Waals surface area (Å²) in [6, 6.07) is 3.78. The average Bonchev–Trinajstić information content (AvgIpc) is 3.23. The van der Waals surface area contributed by atoms with Gasteiger partial charge in [-0.15, -0.1) is 0 Å². The third kappa shape index (κ3) is 16.5. The lowest BCUT2D eigenvalue weighted by atomic mass is 10.0. The molecule has 1 aromatic rings. The van der Waals surface area contributed by atoms with Crippen LogP contribution in [0.5, 0.6) is 0 Å². The molecule has 1 N–H and O–H groups in total. The largest absolute Gasteiger partial charge is 0.353 e. The molecule has 0 bridgehead atoms. The number of carbonyl (C=O) groups excluding carboxylic acids is 1. The first kappa shape index (κ1) is 26.7. The first-order chi connectivity index (χ1) is 14.9. The number of rotatable bonds is 22. The van der Waals surface area contributed by atoms with Gasteiger partial charge in [0.05, 0.1) is 5.69 Å². The van der Waals surface area contributed by atoms with Crippen LogP contribution in [0, 0.1) is 0 Å². The summed E-state index contributed by atoms with van der Waals surface area (Å²) in [7, 11) is 0. The molecule has 1 rings (SSSR count). The Kier molecular flexibility index (Phi) is 18.7. The van der Waals surface area contributed by atoms with Crippen LogP contribution in [-0.4, -0.2) is 11.3 Å². The van der Waals surface area contributed by atoms with Crippen molar-refractivity contribution in [3.63, 3.8) is 0 Å². The zero-order valence-electron chi connectivity index (χ0n) is 19.9. The molecule has 0 atom stereocenters. The maximum Gasteiger partial charge on any atom is 0.166 e. The summed E-state index contributed by atoms with van der Waals surface area (Å²) in [6.07, 6.45) is 33.4. The van der Waals surface area contributed by atoms with Crippen molar-refractivity contribution in [3.8, 4) is 0 Å². The SMILES string of the molecule is CCCCCCCCCCCCCCCCCCCCCC=Cc1ccc(C=O)[nH]1. The lowest BCUT2D eigenvalue weighted by Crippen LogP contribution is -1.84. The summed E-state index contributed by atoms with van der Waals surface area (Å²) in [6.45, 7) is 2.29. The summed E-state index contributed by atoms with van der Waals surface area (Å²) in [5.41, 5.74) is 1.67. The molecule has 0 unspecified atom stereocenters. The van der Waals surface area contributed by atoms with E-state index >= 15 is 0 Å². The molecule has 1 aromatic heterocycles. The van der Waals surface area contributed by atoms with Crippen molar-refractivity contribution in [3.05, 3.63) is 29.6 Å². The van der Waals surface area contributed by atoms with Gasteiger partial charge in [0.2, 0.25) is 0 Å². The highest BCUT2D eigenvalue weighted by Gasteiger charge is 1.96. The number of aromatic amines is 1. The van der Waals surface area contributed by atoms with Crippen LogP contribution < -0.4 is 0 Å². The molecule has 0 amide bonds. The van der Waals surface area contributed by atoms with Gasteiger partial charge in [-0.3, -0.25) is 4.79 Å². The number of aldehydes is 1. The van der Waals surface area contributed by atoms with Gasteiger partial charge in [0.25, 0.3) is 0 Å². The number of allylic oxidation sites excluding steroid dienone is 1. The first-order valence-electron chi connectivity index (χ1n) is 13.2. The average molecular weight is 416 g/mol. The Balaban J connectivity index is 1.72. The normalized spacial score (nSPS) is 11.5. The van der Waals surface area contributed by atoms with E-state index in [1.54, 1.807) is 0 Å². The van der Waals surface area contributed by atoms with Crippen LogP contribution in [0.3, 0.4) is 0 Å². The number of hydrogen-bond acceptors (Lipinski definition) is 1. The molecule has 172 valence electrons. The monoisotopic (exact) mass is 415 g/mol. The van der Waals surface area contributed by atoms with Crippen molar-refractivity contribution >= 4 is 12.4 Å². The zero-order valence-corrected chi connectivity index (χ0v) is 19.9. The second kappa shape index (κ2) is 20.9. The number of aromatic nitrogens is 1. The van der Waals surface area contributed by atoms with Crippen molar-refractivity contribution in [2.75, 3.05) is 0 Å². The molecule has 0 fully saturated rings. The maximum absolute atomic E-state index is 10.6. The van der Waals surface area contributed by atoms with Crippen molar-refractivity contribution in [2.45, 2.75) is 135 Å². The minimum Gasteiger partial charge on any atom is -0.353 e. The molecule has 0 aliphatic rings.